The molecule has 0 saturated heterocycles. The molecule has 0 amide bonds. The second-order valence-corrected chi connectivity index (χ2v) is 4.81. The summed E-state index contributed by atoms with van der Waals surface area (Å²) in [6.07, 6.45) is 2.11. The maximum Gasteiger partial charge on any atom is 0.0616 e. The van der Waals surface area contributed by atoms with Gasteiger partial charge < -0.3 is 15.8 Å². The first kappa shape index (κ1) is 13.6. The van der Waals surface area contributed by atoms with Crippen molar-refractivity contribution in [2.24, 2.45) is 5.73 Å². The van der Waals surface area contributed by atoms with Crippen LogP contribution in [0, 0.1) is 0 Å². The molecule has 2 unspecified atom stereocenters. The molecular weight excluding hydrogens is 220 g/mol. The van der Waals surface area contributed by atoms with Crippen LogP contribution in [-0.4, -0.2) is 26.3 Å². The number of methoxy groups -OCH3 is 1. The molecule has 1 aromatic rings. The Morgan fingerprint density at radius 2 is 2.38 bits per heavy atom. The Morgan fingerprint density at radius 3 is 2.94 bits per heavy atom. The average Bonchev–Trinajstić information content (AvgIpc) is 2.79. The molecule has 2 atom stereocenters. The van der Waals surface area contributed by atoms with Crippen molar-refractivity contribution in [3.63, 3.8) is 0 Å². The standard InChI is InChI=1S/C12H22N2OS/c1-10(11-5-7-16-9-11)14-12(8-15-2)4-3-6-13/h5,7,9-10,12,14H,3-4,6,8,13H2,1-2H3. The molecule has 0 aliphatic rings. The van der Waals surface area contributed by atoms with E-state index in [4.69, 9.17) is 10.5 Å². The molecule has 16 heavy (non-hydrogen) atoms. The summed E-state index contributed by atoms with van der Waals surface area (Å²) in [5, 5.41) is 7.88. The second kappa shape index (κ2) is 7.79. The molecule has 0 aromatic carbocycles. The summed E-state index contributed by atoms with van der Waals surface area (Å²) in [5.41, 5.74) is 6.88. The zero-order chi connectivity index (χ0) is 11.8. The van der Waals surface area contributed by atoms with Gasteiger partial charge in [0.05, 0.1) is 6.61 Å². The number of nitrogens with one attached hydrogen (secondary N) is 1. The molecule has 1 heterocycles. The monoisotopic (exact) mass is 242 g/mol. The van der Waals surface area contributed by atoms with Gasteiger partial charge in [-0.2, -0.15) is 11.3 Å². The van der Waals surface area contributed by atoms with Crippen LogP contribution in [0.2, 0.25) is 0 Å². The van der Waals surface area contributed by atoms with Crippen LogP contribution in [0.3, 0.4) is 0 Å². The average molecular weight is 242 g/mol. The van der Waals surface area contributed by atoms with Gasteiger partial charge in [-0.25, -0.2) is 0 Å². The predicted octanol–water partition coefficient (Wildman–Crippen LogP) is 2.15. The van der Waals surface area contributed by atoms with E-state index in [2.05, 4.69) is 29.1 Å². The molecule has 0 spiro atoms. The Balaban J connectivity index is 2.40. The molecule has 3 nitrogen and oxygen atoms in total. The van der Waals surface area contributed by atoms with E-state index in [9.17, 15) is 0 Å². The second-order valence-electron chi connectivity index (χ2n) is 4.03. The maximum absolute atomic E-state index is 5.53. The van der Waals surface area contributed by atoms with Gasteiger partial charge in [0.2, 0.25) is 0 Å². The Kier molecular flexibility index (Phi) is 6.64. The van der Waals surface area contributed by atoms with Gasteiger partial charge in [0, 0.05) is 19.2 Å². The molecule has 0 bridgehead atoms. The van der Waals surface area contributed by atoms with Gasteiger partial charge in [-0.3, -0.25) is 0 Å². The molecule has 1 rings (SSSR count). The minimum Gasteiger partial charge on any atom is -0.383 e. The first-order valence-corrected chi connectivity index (χ1v) is 6.69. The fraction of sp³-hybridized carbons (Fsp3) is 0.667. The van der Waals surface area contributed by atoms with Gasteiger partial charge >= 0.3 is 0 Å². The fourth-order valence-electron chi connectivity index (χ4n) is 1.75. The minimum atomic E-state index is 0.379. The van der Waals surface area contributed by atoms with Gasteiger partial charge in [0.15, 0.2) is 0 Å². The van der Waals surface area contributed by atoms with Gasteiger partial charge in [-0.1, -0.05) is 0 Å². The molecule has 0 radical (unpaired) electrons. The number of rotatable bonds is 8. The normalized spacial score (nSPS) is 14.9. The number of nitrogens with two attached hydrogens (primary N) is 1. The zero-order valence-corrected chi connectivity index (χ0v) is 10.9. The zero-order valence-electron chi connectivity index (χ0n) is 10.1. The predicted molar refractivity (Wildman–Crippen MR) is 69.8 cm³/mol. The highest BCUT2D eigenvalue weighted by Gasteiger charge is 2.12. The third-order valence-corrected chi connectivity index (χ3v) is 3.35. The largest absolute Gasteiger partial charge is 0.383 e. The highest BCUT2D eigenvalue weighted by Crippen LogP contribution is 2.16. The molecule has 1 aromatic heterocycles. The lowest BCUT2D eigenvalue weighted by Gasteiger charge is -2.22. The van der Waals surface area contributed by atoms with Gasteiger partial charge in [0.25, 0.3) is 0 Å². The molecule has 92 valence electrons. The van der Waals surface area contributed by atoms with E-state index in [1.54, 1.807) is 18.4 Å². The molecule has 4 heteroatoms. The Hall–Kier alpha value is -0.420. The van der Waals surface area contributed by atoms with Crippen molar-refractivity contribution in [2.75, 3.05) is 20.3 Å². The first-order valence-electron chi connectivity index (χ1n) is 5.75. The number of hydrogen-bond acceptors (Lipinski definition) is 4. The van der Waals surface area contributed by atoms with Gasteiger partial charge in [0.1, 0.15) is 0 Å². The van der Waals surface area contributed by atoms with Crippen molar-refractivity contribution >= 4 is 11.3 Å². The summed E-state index contributed by atoms with van der Waals surface area (Å²) in [4.78, 5) is 0. The molecule has 0 aliphatic heterocycles. The van der Waals surface area contributed by atoms with E-state index in [1.165, 1.54) is 5.56 Å². The van der Waals surface area contributed by atoms with Crippen LogP contribution in [0.15, 0.2) is 16.8 Å². The molecule has 0 aliphatic carbocycles. The number of ether oxygens (including phenoxy) is 1. The van der Waals surface area contributed by atoms with Crippen LogP contribution >= 0.6 is 11.3 Å². The van der Waals surface area contributed by atoms with E-state index in [0.29, 0.717) is 12.1 Å². The van der Waals surface area contributed by atoms with Crippen LogP contribution in [0.4, 0.5) is 0 Å². The summed E-state index contributed by atoms with van der Waals surface area (Å²) in [6.45, 7) is 3.68. The van der Waals surface area contributed by atoms with Crippen molar-refractivity contribution in [3.05, 3.63) is 22.4 Å². The highest BCUT2D eigenvalue weighted by molar-refractivity contribution is 7.07. The van der Waals surface area contributed by atoms with E-state index in [-0.39, 0.29) is 0 Å². The topological polar surface area (TPSA) is 47.3 Å². The molecule has 3 N–H and O–H groups in total. The smallest absolute Gasteiger partial charge is 0.0616 e. The minimum absolute atomic E-state index is 0.379. The summed E-state index contributed by atoms with van der Waals surface area (Å²) >= 11 is 1.73. The van der Waals surface area contributed by atoms with Crippen LogP contribution in [0.1, 0.15) is 31.4 Å². The number of hydrogen-bond donors (Lipinski definition) is 2. The van der Waals surface area contributed by atoms with Crippen molar-refractivity contribution < 1.29 is 4.74 Å². The highest BCUT2D eigenvalue weighted by atomic mass is 32.1. The Bertz CT molecular complexity index is 264. The SMILES string of the molecule is COCC(CCCN)NC(C)c1ccsc1. The van der Waals surface area contributed by atoms with E-state index >= 15 is 0 Å². The summed E-state index contributed by atoms with van der Waals surface area (Å²) in [7, 11) is 1.74. The molecular formula is C12H22N2OS. The van der Waals surface area contributed by atoms with Crippen molar-refractivity contribution in [1.29, 1.82) is 0 Å². The third kappa shape index (κ3) is 4.61. The third-order valence-electron chi connectivity index (χ3n) is 2.65. The van der Waals surface area contributed by atoms with E-state index in [1.807, 2.05) is 0 Å². The summed E-state index contributed by atoms with van der Waals surface area (Å²) < 4.78 is 5.22. The van der Waals surface area contributed by atoms with Crippen molar-refractivity contribution in [2.45, 2.75) is 31.8 Å². The van der Waals surface area contributed by atoms with Crippen LogP contribution in [-0.2, 0) is 4.74 Å². The summed E-state index contributed by atoms with van der Waals surface area (Å²) in [6, 6.07) is 2.93. The summed E-state index contributed by atoms with van der Waals surface area (Å²) in [5.74, 6) is 0. The van der Waals surface area contributed by atoms with Crippen LogP contribution in [0.25, 0.3) is 0 Å². The van der Waals surface area contributed by atoms with Crippen molar-refractivity contribution in [3.8, 4) is 0 Å². The lowest BCUT2D eigenvalue weighted by Crippen LogP contribution is -2.35. The van der Waals surface area contributed by atoms with E-state index in [0.717, 1.165) is 26.0 Å². The fourth-order valence-corrected chi connectivity index (χ4v) is 2.51. The number of thiophene rings is 1. The van der Waals surface area contributed by atoms with Gasteiger partial charge in [-0.05, 0) is 48.7 Å². The lowest BCUT2D eigenvalue weighted by molar-refractivity contribution is 0.156. The lowest BCUT2D eigenvalue weighted by atomic mass is 10.1. The first-order chi connectivity index (χ1) is 7.77. The van der Waals surface area contributed by atoms with E-state index < -0.39 is 0 Å². The molecule has 0 fully saturated rings. The van der Waals surface area contributed by atoms with Crippen molar-refractivity contribution in [1.82, 2.24) is 5.32 Å². The molecule has 0 saturated carbocycles. The van der Waals surface area contributed by atoms with Crippen LogP contribution in [0.5, 0.6) is 0 Å². The maximum atomic E-state index is 5.53. The Labute approximate surface area is 102 Å². The van der Waals surface area contributed by atoms with Crippen LogP contribution < -0.4 is 11.1 Å². The Morgan fingerprint density at radius 1 is 1.56 bits per heavy atom. The quantitative estimate of drug-likeness (QED) is 0.734. The van der Waals surface area contributed by atoms with Gasteiger partial charge in [-0.15, -0.1) is 0 Å².